The Kier molecular flexibility index (Phi) is 3.70. The third-order valence-electron chi connectivity index (χ3n) is 2.96. The second-order valence-corrected chi connectivity index (χ2v) is 4.90. The minimum atomic E-state index is -1.05. The number of hydrogen-bond acceptors (Lipinski definition) is 4. The Bertz CT molecular complexity index is 648. The summed E-state index contributed by atoms with van der Waals surface area (Å²) in [5, 5.41) is 9.07. The van der Waals surface area contributed by atoms with E-state index in [9.17, 15) is 4.79 Å². The Labute approximate surface area is 117 Å². The first kappa shape index (κ1) is 14.0. The van der Waals surface area contributed by atoms with Gasteiger partial charge in [0.2, 0.25) is 5.95 Å². The quantitative estimate of drug-likeness (QED) is 0.929. The first-order valence-electron chi connectivity index (χ1n) is 6.28. The lowest BCUT2D eigenvalue weighted by atomic mass is 10.1. The van der Waals surface area contributed by atoms with E-state index in [2.05, 4.69) is 16.0 Å². The third kappa shape index (κ3) is 2.93. The summed E-state index contributed by atoms with van der Waals surface area (Å²) in [4.78, 5) is 21.2. The summed E-state index contributed by atoms with van der Waals surface area (Å²) >= 11 is 0. The lowest BCUT2D eigenvalue weighted by Gasteiger charge is -2.19. The maximum Gasteiger partial charge on any atom is 0.354 e. The number of aromatic carboxylic acids is 1. The standard InChI is InChI=1S/C15H17N3O2/c1-9-5-10(2)7-12(6-9)18(4)15-16-11(3)8-13(17-15)14(19)20/h5-8H,1-4H3,(H,19,20). The molecule has 2 rings (SSSR count). The highest BCUT2D eigenvalue weighted by Crippen LogP contribution is 2.23. The van der Waals surface area contributed by atoms with Crippen LogP contribution in [0.1, 0.15) is 27.3 Å². The zero-order chi connectivity index (χ0) is 14.9. The van der Waals surface area contributed by atoms with Gasteiger partial charge in [0.15, 0.2) is 5.69 Å². The Morgan fingerprint density at radius 3 is 2.20 bits per heavy atom. The predicted octanol–water partition coefficient (Wildman–Crippen LogP) is 2.87. The van der Waals surface area contributed by atoms with Gasteiger partial charge in [0.1, 0.15) is 0 Å². The summed E-state index contributed by atoms with van der Waals surface area (Å²) in [6.45, 7) is 5.79. The molecule has 1 aromatic heterocycles. The summed E-state index contributed by atoms with van der Waals surface area (Å²) < 4.78 is 0. The number of carbonyl (C=O) groups is 1. The smallest absolute Gasteiger partial charge is 0.354 e. The number of aromatic nitrogens is 2. The van der Waals surface area contributed by atoms with Crippen LogP contribution in [0.2, 0.25) is 0 Å². The lowest BCUT2D eigenvalue weighted by molar-refractivity contribution is 0.0690. The number of aryl methyl sites for hydroxylation is 3. The summed E-state index contributed by atoms with van der Waals surface area (Å²) in [5.74, 6) is -0.669. The average Bonchev–Trinajstić information content (AvgIpc) is 2.35. The second-order valence-electron chi connectivity index (χ2n) is 4.90. The van der Waals surface area contributed by atoms with Crippen LogP contribution in [0.4, 0.5) is 11.6 Å². The van der Waals surface area contributed by atoms with Crippen molar-refractivity contribution in [2.75, 3.05) is 11.9 Å². The molecule has 0 radical (unpaired) electrons. The topological polar surface area (TPSA) is 66.3 Å². The van der Waals surface area contributed by atoms with Gasteiger partial charge in [-0.15, -0.1) is 0 Å². The van der Waals surface area contributed by atoms with Gasteiger partial charge in [0.05, 0.1) is 0 Å². The summed E-state index contributed by atoms with van der Waals surface area (Å²) in [7, 11) is 1.83. The molecule has 104 valence electrons. The van der Waals surface area contributed by atoms with Gasteiger partial charge >= 0.3 is 5.97 Å². The van der Waals surface area contributed by atoms with Gasteiger partial charge in [-0.05, 0) is 50.1 Å². The average molecular weight is 271 g/mol. The van der Waals surface area contributed by atoms with E-state index in [-0.39, 0.29) is 5.69 Å². The molecule has 0 aliphatic rings. The van der Waals surface area contributed by atoms with E-state index in [4.69, 9.17) is 5.11 Å². The van der Waals surface area contributed by atoms with E-state index in [1.165, 1.54) is 6.07 Å². The van der Waals surface area contributed by atoms with E-state index >= 15 is 0 Å². The zero-order valence-electron chi connectivity index (χ0n) is 12.0. The first-order valence-corrected chi connectivity index (χ1v) is 6.28. The highest BCUT2D eigenvalue weighted by Gasteiger charge is 2.13. The monoisotopic (exact) mass is 271 g/mol. The normalized spacial score (nSPS) is 10.4. The fourth-order valence-electron chi connectivity index (χ4n) is 2.07. The molecule has 2 aromatic rings. The molecule has 0 atom stereocenters. The van der Waals surface area contributed by atoms with E-state index < -0.39 is 5.97 Å². The fourth-order valence-corrected chi connectivity index (χ4v) is 2.07. The van der Waals surface area contributed by atoms with E-state index in [1.54, 1.807) is 11.8 Å². The molecule has 0 saturated carbocycles. The van der Waals surface area contributed by atoms with Crippen LogP contribution in [0.5, 0.6) is 0 Å². The molecule has 5 heteroatoms. The van der Waals surface area contributed by atoms with Gasteiger partial charge in [-0.3, -0.25) is 0 Å². The summed E-state index contributed by atoms with van der Waals surface area (Å²) in [6, 6.07) is 7.57. The number of carboxylic acids is 1. The number of anilines is 2. The molecule has 5 nitrogen and oxygen atoms in total. The van der Waals surface area contributed by atoms with Crippen LogP contribution >= 0.6 is 0 Å². The van der Waals surface area contributed by atoms with Gasteiger partial charge in [0.25, 0.3) is 0 Å². The molecule has 0 fully saturated rings. The molecule has 20 heavy (non-hydrogen) atoms. The van der Waals surface area contributed by atoms with Gasteiger partial charge < -0.3 is 10.0 Å². The maximum atomic E-state index is 11.1. The van der Waals surface area contributed by atoms with Gasteiger partial charge in [-0.1, -0.05) is 6.07 Å². The highest BCUT2D eigenvalue weighted by molar-refractivity contribution is 5.85. The van der Waals surface area contributed by atoms with Crippen molar-refractivity contribution in [3.8, 4) is 0 Å². The van der Waals surface area contributed by atoms with Gasteiger partial charge in [0, 0.05) is 18.4 Å². The minimum Gasteiger partial charge on any atom is -0.477 e. The Morgan fingerprint density at radius 2 is 1.65 bits per heavy atom. The zero-order valence-corrected chi connectivity index (χ0v) is 12.0. The third-order valence-corrected chi connectivity index (χ3v) is 2.96. The van der Waals surface area contributed by atoms with Crippen molar-refractivity contribution < 1.29 is 9.90 Å². The first-order chi connectivity index (χ1) is 9.36. The Morgan fingerprint density at radius 1 is 1.05 bits per heavy atom. The van der Waals surface area contributed by atoms with Crippen LogP contribution < -0.4 is 4.90 Å². The molecule has 0 spiro atoms. The van der Waals surface area contributed by atoms with Gasteiger partial charge in [-0.25, -0.2) is 14.8 Å². The Hall–Kier alpha value is -2.43. The molecule has 1 aromatic carbocycles. The minimum absolute atomic E-state index is 0.00345. The molecule has 0 bridgehead atoms. The maximum absolute atomic E-state index is 11.1. The number of rotatable bonds is 3. The fraction of sp³-hybridized carbons (Fsp3) is 0.267. The molecular formula is C15H17N3O2. The molecule has 0 aliphatic carbocycles. The molecule has 1 N–H and O–H groups in total. The van der Waals surface area contributed by atoms with Crippen molar-refractivity contribution in [1.82, 2.24) is 9.97 Å². The highest BCUT2D eigenvalue weighted by atomic mass is 16.4. The van der Waals surface area contributed by atoms with Crippen molar-refractivity contribution in [3.05, 3.63) is 46.8 Å². The van der Waals surface area contributed by atoms with E-state index in [1.807, 2.05) is 33.0 Å². The summed E-state index contributed by atoms with van der Waals surface area (Å²) in [5.41, 5.74) is 3.84. The largest absolute Gasteiger partial charge is 0.477 e. The molecular weight excluding hydrogens is 254 g/mol. The SMILES string of the molecule is Cc1cc(C)cc(N(C)c2nc(C)cc(C(=O)O)n2)c1. The van der Waals surface area contributed by atoms with Crippen molar-refractivity contribution >= 4 is 17.6 Å². The Balaban J connectivity index is 2.47. The second kappa shape index (κ2) is 5.28. The lowest BCUT2D eigenvalue weighted by Crippen LogP contribution is -2.16. The number of benzene rings is 1. The number of nitrogens with zero attached hydrogens (tertiary/aromatic N) is 3. The van der Waals surface area contributed by atoms with Crippen LogP contribution in [-0.2, 0) is 0 Å². The van der Waals surface area contributed by atoms with Gasteiger partial charge in [-0.2, -0.15) is 0 Å². The van der Waals surface area contributed by atoms with Crippen LogP contribution in [0.15, 0.2) is 24.3 Å². The predicted molar refractivity (Wildman–Crippen MR) is 77.7 cm³/mol. The molecule has 0 unspecified atom stereocenters. The van der Waals surface area contributed by atoms with E-state index in [0.29, 0.717) is 11.6 Å². The number of carboxylic acid groups (broad SMARTS) is 1. The van der Waals surface area contributed by atoms with E-state index in [0.717, 1.165) is 16.8 Å². The molecule has 0 aliphatic heterocycles. The van der Waals surface area contributed by atoms with Crippen LogP contribution in [-0.4, -0.2) is 28.1 Å². The van der Waals surface area contributed by atoms with Crippen LogP contribution in [0.3, 0.4) is 0 Å². The molecule has 0 amide bonds. The van der Waals surface area contributed by atoms with Crippen molar-refractivity contribution in [2.45, 2.75) is 20.8 Å². The van der Waals surface area contributed by atoms with Crippen molar-refractivity contribution in [3.63, 3.8) is 0 Å². The summed E-state index contributed by atoms with van der Waals surface area (Å²) in [6.07, 6.45) is 0. The van der Waals surface area contributed by atoms with Crippen LogP contribution in [0, 0.1) is 20.8 Å². The number of hydrogen-bond donors (Lipinski definition) is 1. The molecule has 0 saturated heterocycles. The van der Waals surface area contributed by atoms with Crippen molar-refractivity contribution in [1.29, 1.82) is 0 Å². The molecule has 1 heterocycles. The van der Waals surface area contributed by atoms with Crippen molar-refractivity contribution in [2.24, 2.45) is 0 Å². The van der Waals surface area contributed by atoms with Crippen LogP contribution in [0.25, 0.3) is 0 Å².